The zero-order valence-electron chi connectivity index (χ0n) is 18.8. The molecule has 0 saturated carbocycles. The number of alkyl halides is 3. The number of hydrogen-bond acceptors (Lipinski definition) is 4. The lowest BCUT2D eigenvalue weighted by Gasteiger charge is -2.23. The SMILES string of the molecule is CCCCCCOc1ncc(C(F)(F)F)c(N(C)c2ccc(CCCCCC)cc2)n1. The van der Waals surface area contributed by atoms with E-state index in [0.29, 0.717) is 12.3 Å². The van der Waals surface area contributed by atoms with E-state index in [1.54, 1.807) is 7.05 Å². The van der Waals surface area contributed by atoms with Crippen LogP contribution in [-0.4, -0.2) is 23.6 Å². The number of benzene rings is 1. The molecular formula is C24H34F3N3O. The van der Waals surface area contributed by atoms with Crippen LogP contribution in [0.3, 0.4) is 0 Å². The minimum absolute atomic E-state index is 0.0288. The fourth-order valence-electron chi connectivity index (χ4n) is 3.34. The Labute approximate surface area is 183 Å². The van der Waals surface area contributed by atoms with E-state index in [2.05, 4.69) is 23.8 Å². The Kier molecular flexibility index (Phi) is 10.1. The molecule has 31 heavy (non-hydrogen) atoms. The molecule has 2 aromatic rings. The third kappa shape index (κ3) is 8.04. The van der Waals surface area contributed by atoms with E-state index in [-0.39, 0.29) is 11.8 Å². The summed E-state index contributed by atoms with van der Waals surface area (Å²) in [4.78, 5) is 9.32. The van der Waals surface area contributed by atoms with Gasteiger partial charge in [0.25, 0.3) is 0 Å². The lowest BCUT2D eigenvalue weighted by molar-refractivity contribution is -0.137. The van der Waals surface area contributed by atoms with Crippen molar-refractivity contribution < 1.29 is 17.9 Å². The summed E-state index contributed by atoms with van der Waals surface area (Å²) in [7, 11) is 1.58. The summed E-state index contributed by atoms with van der Waals surface area (Å²) in [6.07, 6.45) is 5.97. The molecule has 1 heterocycles. The van der Waals surface area contributed by atoms with E-state index in [1.807, 2.05) is 24.3 Å². The Balaban J connectivity index is 2.14. The molecule has 0 unspecified atom stereocenters. The van der Waals surface area contributed by atoms with Crippen LogP contribution in [-0.2, 0) is 12.6 Å². The largest absolute Gasteiger partial charge is 0.463 e. The number of aryl methyl sites for hydroxylation is 1. The highest BCUT2D eigenvalue weighted by molar-refractivity contribution is 5.63. The Morgan fingerprint density at radius 1 is 0.903 bits per heavy atom. The second kappa shape index (κ2) is 12.5. The smallest absolute Gasteiger partial charge is 0.421 e. The Morgan fingerprint density at radius 2 is 1.55 bits per heavy atom. The van der Waals surface area contributed by atoms with Crippen molar-refractivity contribution in [2.24, 2.45) is 0 Å². The molecule has 7 heteroatoms. The van der Waals surface area contributed by atoms with E-state index < -0.39 is 11.7 Å². The maximum absolute atomic E-state index is 13.6. The van der Waals surface area contributed by atoms with Gasteiger partial charge in [0, 0.05) is 18.9 Å². The van der Waals surface area contributed by atoms with Gasteiger partial charge in [0.2, 0.25) is 0 Å². The fourth-order valence-corrected chi connectivity index (χ4v) is 3.34. The van der Waals surface area contributed by atoms with Crippen molar-refractivity contribution in [2.45, 2.75) is 77.8 Å². The Bertz CT molecular complexity index is 779. The van der Waals surface area contributed by atoms with Crippen LogP contribution in [0.4, 0.5) is 24.7 Å². The van der Waals surface area contributed by atoms with Crippen molar-refractivity contribution in [3.8, 4) is 6.01 Å². The summed E-state index contributed by atoms with van der Waals surface area (Å²) in [5, 5.41) is 0. The first kappa shape index (κ1) is 25.0. The highest BCUT2D eigenvalue weighted by Crippen LogP contribution is 2.37. The molecule has 1 aromatic heterocycles. The third-order valence-electron chi connectivity index (χ3n) is 5.24. The first-order valence-electron chi connectivity index (χ1n) is 11.3. The van der Waals surface area contributed by atoms with Crippen molar-refractivity contribution >= 4 is 11.5 Å². The summed E-state index contributed by atoms with van der Waals surface area (Å²) >= 11 is 0. The van der Waals surface area contributed by atoms with Gasteiger partial charge in [0.15, 0.2) is 5.82 Å². The zero-order chi connectivity index (χ0) is 22.7. The Morgan fingerprint density at radius 3 is 2.16 bits per heavy atom. The van der Waals surface area contributed by atoms with Crippen LogP contribution in [0.25, 0.3) is 0 Å². The van der Waals surface area contributed by atoms with Gasteiger partial charge < -0.3 is 9.64 Å². The number of unbranched alkanes of at least 4 members (excludes halogenated alkanes) is 6. The summed E-state index contributed by atoms with van der Waals surface area (Å²) < 4.78 is 46.2. The van der Waals surface area contributed by atoms with Crippen molar-refractivity contribution in [2.75, 3.05) is 18.6 Å². The number of hydrogen-bond donors (Lipinski definition) is 0. The van der Waals surface area contributed by atoms with Gasteiger partial charge >= 0.3 is 12.2 Å². The van der Waals surface area contributed by atoms with E-state index >= 15 is 0 Å². The average Bonchev–Trinajstić information content (AvgIpc) is 2.76. The highest BCUT2D eigenvalue weighted by Gasteiger charge is 2.36. The highest BCUT2D eigenvalue weighted by atomic mass is 19.4. The van der Waals surface area contributed by atoms with Gasteiger partial charge in [-0.1, -0.05) is 64.5 Å². The van der Waals surface area contributed by atoms with E-state index in [9.17, 15) is 13.2 Å². The molecule has 0 amide bonds. The number of ether oxygens (including phenoxy) is 1. The molecule has 0 aliphatic heterocycles. The quantitative estimate of drug-likeness (QED) is 0.307. The number of rotatable bonds is 13. The van der Waals surface area contributed by atoms with E-state index in [1.165, 1.54) is 29.7 Å². The second-order valence-corrected chi connectivity index (χ2v) is 7.83. The van der Waals surface area contributed by atoms with Gasteiger partial charge in [-0.2, -0.15) is 18.2 Å². The zero-order valence-corrected chi connectivity index (χ0v) is 18.8. The van der Waals surface area contributed by atoms with Crippen LogP contribution >= 0.6 is 0 Å². The molecule has 0 bridgehead atoms. The minimum atomic E-state index is -4.55. The topological polar surface area (TPSA) is 38.2 Å². The van der Waals surface area contributed by atoms with Crippen molar-refractivity contribution in [3.05, 3.63) is 41.6 Å². The van der Waals surface area contributed by atoms with Gasteiger partial charge in [-0.25, -0.2) is 4.98 Å². The van der Waals surface area contributed by atoms with E-state index in [4.69, 9.17) is 4.74 Å². The molecule has 0 saturated heterocycles. The van der Waals surface area contributed by atoms with Crippen LogP contribution < -0.4 is 9.64 Å². The molecule has 0 aliphatic carbocycles. The van der Waals surface area contributed by atoms with Crippen LogP contribution in [0.2, 0.25) is 0 Å². The van der Waals surface area contributed by atoms with Crippen molar-refractivity contribution in [1.82, 2.24) is 9.97 Å². The molecule has 0 aliphatic rings. The standard InChI is InChI=1S/C24H34F3N3O/c1-4-6-8-10-12-19-13-15-20(16-14-19)30(3)22-21(24(25,26)27)18-28-23(29-22)31-17-11-9-7-5-2/h13-16,18H,4-12,17H2,1-3H3. The first-order valence-corrected chi connectivity index (χ1v) is 11.3. The monoisotopic (exact) mass is 437 g/mol. The summed E-state index contributed by atoms with van der Waals surface area (Å²) in [6.45, 7) is 4.68. The normalized spacial score (nSPS) is 11.5. The molecule has 2 rings (SSSR count). The van der Waals surface area contributed by atoms with Crippen molar-refractivity contribution in [3.63, 3.8) is 0 Å². The second-order valence-electron chi connectivity index (χ2n) is 7.83. The van der Waals surface area contributed by atoms with Crippen molar-refractivity contribution in [1.29, 1.82) is 0 Å². The number of halogens is 3. The molecule has 0 fully saturated rings. The molecule has 172 valence electrons. The summed E-state index contributed by atoms with van der Waals surface area (Å²) in [6, 6.07) is 7.58. The maximum atomic E-state index is 13.6. The molecular weight excluding hydrogens is 403 g/mol. The third-order valence-corrected chi connectivity index (χ3v) is 5.24. The molecule has 0 atom stereocenters. The van der Waals surface area contributed by atoms with Gasteiger partial charge in [0.1, 0.15) is 5.56 Å². The fraction of sp³-hybridized carbons (Fsp3) is 0.583. The number of anilines is 2. The summed E-state index contributed by atoms with van der Waals surface area (Å²) in [5.74, 6) is -0.207. The maximum Gasteiger partial charge on any atom is 0.421 e. The van der Waals surface area contributed by atoms with Crippen LogP contribution in [0, 0.1) is 0 Å². The lowest BCUT2D eigenvalue weighted by Crippen LogP contribution is -2.19. The van der Waals surface area contributed by atoms with Gasteiger partial charge in [0.05, 0.1) is 6.61 Å². The van der Waals surface area contributed by atoms with Gasteiger partial charge in [-0.15, -0.1) is 0 Å². The summed E-state index contributed by atoms with van der Waals surface area (Å²) in [5.41, 5.74) is 0.940. The molecule has 0 N–H and O–H groups in total. The average molecular weight is 438 g/mol. The van der Waals surface area contributed by atoms with Crippen LogP contribution in [0.1, 0.15) is 76.3 Å². The predicted molar refractivity (Wildman–Crippen MR) is 119 cm³/mol. The molecule has 4 nitrogen and oxygen atoms in total. The molecule has 0 radical (unpaired) electrons. The van der Waals surface area contributed by atoms with Crippen LogP contribution in [0.5, 0.6) is 6.01 Å². The van der Waals surface area contributed by atoms with E-state index in [0.717, 1.165) is 44.7 Å². The van der Waals surface area contributed by atoms with Gasteiger partial charge in [-0.05, 0) is 37.0 Å². The molecule has 1 aromatic carbocycles. The predicted octanol–water partition coefficient (Wildman–Crippen LogP) is 7.35. The first-order chi connectivity index (χ1) is 14.9. The van der Waals surface area contributed by atoms with Crippen LogP contribution in [0.15, 0.2) is 30.5 Å². The molecule has 0 spiro atoms. The lowest BCUT2D eigenvalue weighted by atomic mass is 10.1. The Hall–Kier alpha value is -2.31. The number of aromatic nitrogens is 2. The van der Waals surface area contributed by atoms with Gasteiger partial charge in [-0.3, -0.25) is 0 Å². The number of nitrogens with zero attached hydrogens (tertiary/aromatic N) is 3. The minimum Gasteiger partial charge on any atom is -0.463 e.